The summed E-state index contributed by atoms with van der Waals surface area (Å²) in [5.74, 6) is -0.166. The second kappa shape index (κ2) is 6.98. The van der Waals surface area contributed by atoms with Gasteiger partial charge in [0, 0.05) is 40.4 Å². The Labute approximate surface area is 155 Å². The maximum atomic E-state index is 12.3. The fraction of sp³-hybridized carbons (Fsp3) is 0.0476. The van der Waals surface area contributed by atoms with E-state index in [2.05, 4.69) is 39.6 Å². The van der Waals surface area contributed by atoms with E-state index in [1.807, 2.05) is 36.7 Å². The zero-order valence-corrected chi connectivity index (χ0v) is 15.0. The Kier molecular flexibility index (Phi) is 4.37. The zero-order valence-electron chi connectivity index (χ0n) is 14.2. The van der Waals surface area contributed by atoms with Gasteiger partial charge < -0.3 is 10.3 Å². The molecule has 0 atom stereocenters. The van der Waals surface area contributed by atoms with Gasteiger partial charge in [-0.2, -0.15) is 0 Å². The third-order valence-corrected chi connectivity index (χ3v) is 5.05. The summed E-state index contributed by atoms with van der Waals surface area (Å²) in [6, 6.07) is 14.2. The lowest BCUT2D eigenvalue weighted by molar-refractivity contribution is -0.111. The largest absolute Gasteiger partial charge is 0.361 e. The molecule has 2 heterocycles. The van der Waals surface area contributed by atoms with E-state index < -0.39 is 0 Å². The highest BCUT2D eigenvalue weighted by atomic mass is 32.1. The summed E-state index contributed by atoms with van der Waals surface area (Å²) in [5.41, 5.74) is 5.20. The van der Waals surface area contributed by atoms with Crippen molar-refractivity contribution in [2.45, 2.75) is 6.92 Å². The van der Waals surface area contributed by atoms with E-state index >= 15 is 0 Å². The lowest BCUT2D eigenvalue weighted by Crippen LogP contribution is -2.09. The van der Waals surface area contributed by atoms with Gasteiger partial charge in [0.05, 0.1) is 0 Å². The predicted molar refractivity (Wildman–Crippen MR) is 108 cm³/mol. The summed E-state index contributed by atoms with van der Waals surface area (Å²) in [5, 5.41) is 6.83. The quantitative estimate of drug-likeness (QED) is 0.489. The number of fused-ring (bicyclic) bond motifs is 1. The molecule has 4 aromatic rings. The average Bonchev–Trinajstić information content (AvgIpc) is 3.33. The number of benzene rings is 2. The van der Waals surface area contributed by atoms with Gasteiger partial charge >= 0.3 is 0 Å². The van der Waals surface area contributed by atoms with Gasteiger partial charge in [0.25, 0.3) is 0 Å². The number of nitrogens with zero attached hydrogens (tertiary/aromatic N) is 1. The summed E-state index contributed by atoms with van der Waals surface area (Å²) in [6.07, 6.45) is 6.90. The lowest BCUT2D eigenvalue weighted by atomic mass is 9.96. The molecule has 0 saturated carbocycles. The molecule has 0 bridgehead atoms. The van der Waals surface area contributed by atoms with Gasteiger partial charge in [-0.25, -0.2) is 4.98 Å². The highest BCUT2D eigenvalue weighted by Gasteiger charge is 2.10. The van der Waals surface area contributed by atoms with E-state index in [0.717, 1.165) is 32.9 Å². The van der Waals surface area contributed by atoms with Crippen molar-refractivity contribution in [3.63, 3.8) is 0 Å². The van der Waals surface area contributed by atoms with Crippen molar-refractivity contribution >= 4 is 39.9 Å². The molecule has 0 aliphatic rings. The monoisotopic (exact) mass is 359 g/mol. The number of hydrogen-bond donors (Lipinski definition) is 2. The van der Waals surface area contributed by atoms with Crippen molar-refractivity contribution < 1.29 is 4.79 Å². The van der Waals surface area contributed by atoms with Crippen molar-refractivity contribution in [2.75, 3.05) is 5.32 Å². The summed E-state index contributed by atoms with van der Waals surface area (Å²) in [6.45, 7) is 2.03. The van der Waals surface area contributed by atoms with Crippen molar-refractivity contribution in [1.29, 1.82) is 0 Å². The average molecular weight is 359 g/mol. The number of amides is 1. The Morgan fingerprint density at radius 2 is 2.00 bits per heavy atom. The van der Waals surface area contributed by atoms with Crippen LogP contribution in [-0.2, 0) is 4.79 Å². The Morgan fingerprint density at radius 1 is 1.15 bits per heavy atom. The van der Waals surface area contributed by atoms with Gasteiger partial charge in [-0.1, -0.05) is 24.3 Å². The SMILES string of the molecule is Cc1c(NC(=O)C=Cc2nccs2)cccc1-c1cccc2[nH]ccc12. The van der Waals surface area contributed by atoms with Crippen LogP contribution in [0.3, 0.4) is 0 Å². The van der Waals surface area contributed by atoms with Crippen LogP contribution in [-0.4, -0.2) is 15.9 Å². The molecule has 2 aromatic carbocycles. The molecule has 0 aliphatic carbocycles. The first-order chi connectivity index (χ1) is 12.7. The highest BCUT2D eigenvalue weighted by Crippen LogP contribution is 2.33. The van der Waals surface area contributed by atoms with Gasteiger partial charge in [-0.05, 0) is 47.9 Å². The maximum Gasteiger partial charge on any atom is 0.248 e. The molecule has 0 saturated heterocycles. The van der Waals surface area contributed by atoms with E-state index in [1.54, 1.807) is 12.3 Å². The van der Waals surface area contributed by atoms with Crippen molar-refractivity contribution in [3.05, 3.63) is 76.9 Å². The van der Waals surface area contributed by atoms with Crippen molar-refractivity contribution in [1.82, 2.24) is 9.97 Å². The predicted octanol–water partition coefficient (Wildman–Crippen LogP) is 5.25. The van der Waals surface area contributed by atoms with E-state index in [4.69, 9.17) is 0 Å². The lowest BCUT2D eigenvalue weighted by Gasteiger charge is -2.13. The fourth-order valence-electron chi connectivity index (χ4n) is 3.02. The molecular formula is C21H17N3OS. The topological polar surface area (TPSA) is 57.8 Å². The van der Waals surface area contributed by atoms with Gasteiger partial charge in [-0.3, -0.25) is 4.79 Å². The zero-order chi connectivity index (χ0) is 17.9. The van der Waals surface area contributed by atoms with Crippen LogP contribution in [0.15, 0.2) is 66.3 Å². The van der Waals surface area contributed by atoms with E-state index in [-0.39, 0.29) is 5.91 Å². The number of anilines is 1. The number of hydrogen-bond acceptors (Lipinski definition) is 3. The number of aromatic amines is 1. The Balaban J connectivity index is 1.64. The molecule has 0 unspecified atom stereocenters. The van der Waals surface area contributed by atoms with Gasteiger partial charge in [-0.15, -0.1) is 11.3 Å². The van der Waals surface area contributed by atoms with Crippen LogP contribution in [0.25, 0.3) is 28.1 Å². The third kappa shape index (κ3) is 3.17. The van der Waals surface area contributed by atoms with Crippen molar-refractivity contribution in [3.8, 4) is 11.1 Å². The molecule has 0 aliphatic heterocycles. The van der Waals surface area contributed by atoms with Gasteiger partial charge in [0.1, 0.15) is 5.01 Å². The van der Waals surface area contributed by atoms with Crippen LogP contribution < -0.4 is 5.32 Å². The molecule has 2 N–H and O–H groups in total. The molecule has 26 heavy (non-hydrogen) atoms. The van der Waals surface area contributed by atoms with E-state index in [0.29, 0.717) is 0 Å². The summed E-state index contributed by atoms with van der Waals surface area (Å²) in [4.78, 5) is 19.6. The third-order valence-electron chi connectivity index (χ3n) is 4.31. The van der Waals surface area contributed by atoms with Crippen molar-refractivity contribution in [2.24, 2.45) is 0 Å². The maximum absolute atomic E-state index is 12.3. The summed E-state index contributed by atoms with van der Waals surface area (Å²) in [7, 11) is 0. The minimum Gasteiger partial charge on any atom is -0.361 e. The normalized spacial score (nSPS) is 11.3. The smallest absolute Gasteiger partial charge is 0.248 e. The Hall–Kier alpha value is -3.18. The Morgan fingerprint density at radius 3 is 2.85 bits per heavy atom. The number of aromatic nitrogens is 2. The fourth-order valence-corrected chi connectivity index (χ4v) is 3.55. The van der Waals surface area contributed by atoms with E-state index in [1.165, 1.54) is 22.8 Å². The van der Waals surface area contributed by atoms with E-state index in [9.17, 15) is 4.79 Å². The van der Waals surface area contributed by atoms with Gasteiger partial charge in [0.2, 0.25) is 5.91 Å². The number of carbonyl (C=O) groups is 1. The molecule has 0 fully saturated rings. The second-order valence-corrected chi connectivity index (χ2v) is 6.84. The summed E-state index contributed by atoms with van der Waals surface area (Å²) < 4.78 is 0. The van der Waals surface area contributed by atoms with Crippen LogP contribution in [0, 0.1) is 6.92 Å². The number of nitrogens with one attached hydrogen (secondary N) is 2. The minimum atomic E-state index is -0.166. The molecule has 1 amide bonds. The highest BCUT2D eigenvalue weighted by molar-refractivity contribution is 7.10. The number of carbonyl (C=O) groups excluding carboxylic acids is 1. The first kappa shape index (κ1) is 16.3. The second-order valence-electron chi connectivity index (χ2n) is 5.92. The van der Waals surface area contributed by atoms with Crippen LogP contribution in [0.1, 0.15) is 10.6 Å². The molecule has 2 aromatic heterocycles. The molecule has 4 nitrogen and oxygen atoms in total. The first-order valence-electron chi connectivity index (χ1n) is 8.27. The molecular weight excluding hydrogens is 342 g/mol. The van der Waals surface area contributed by atoms with Crippen LogP contribution in [0.5, 0.6) is 0 Å². The molecule has 5 heteroatoms. The van der Waals surface area contributed by atoms with Gasteiger partial charge in [0.15, 0.2) is 0 Å². The first-order valence-corrected chi connectivity index (χ1v) is 9.15. The minimum absolute atomic E-state index is 0.166. The number of rotatable bonds is 4. The number of thiazole rings is 1. The Bertz CT molecular complexity index is 1090. The standard InChI is InChI=1S/C21H17N3OS/c1-14-15(16-5-3-7-19-17(16)10-11-22-19)4-2-6-18(14)24-20(25)8-9-21-23-12-13-26-21/h2-13,22H,1H3,(H,24,25). The molecule has 128 valence electrons. The molecule has 0 spiro atoms. The van der Waals surface area contributed by atoms with Crippen LogP contribution in [0.2, 0.25) is 0 Å². The molecule has 0 radical (unpaired) electrons. The number of H-pyrrole nitrogens is 1. The van der Waals surface area contributed by atoms with Crippen LogP contribution >= 0.6 is 11.3 Å². The molecule has 4 rings (SSSR count). The van der Waals surface area contributed by atoms with Crippen LogP contribution in [0.4, 0.5) is 5.69 Å². The summed E-state index contributed by atoms with van der Waals surface area (Å²) >= 11 is 1.50.